The monoisotopic (exact) mass is 357 g/mol. The minimum atomic E-state index is 0.442. The normalized spacial score (nSPS) is 17.7. The van der Waals surface area contributed by atoms with E-state index in [1.165, 1.54) is 49.9 Å². The smallest absolute Gasteiger partial charge is 0.0705 e. The summed E-state index contributed by atoms with van der Waals surface area (Å²) in [6.45, 7) is 0. The Labute approximate surface area is 137 Å². The molecule has 0 amide bonds. The zero-order valence-electron chi connectivity index (χ0n) is 11.6. The summed E-state index contributed by atoms with van der Waals surface area (Å²) >= 11 is 5.51. The molecule has 0 aliphatic heterocycles. The van der Waals surface area contributed by atoms with Gasteiger partial charge in [0.2, 0.25) is 0 Å². The van der Waals surface area contributed by atoms with Gasteiger partial charge in [-0.3, -0.25) is 0 Å². The standard InChI is InChI=1S/C18H16BrNS/c19-18-11-15-16(6-3-7-17(15)21-18)20-14-9-8-12-4-1-2-5-13(12)10-14/h1-2,4-5,8-11,16,20H,3,6-7H2. The topological polar surface area (TPSA) is 12.0 Å². The van der Waals surface area contributed by atoms with Gasteiger partial charge in [-0.25, -0.2) is 0 Å². The Bertz CT molecular complexity index is 793. The highest BCUT2D eigenvalue weighted by atomic mass is 79.9. The SMILES string of the molecule is Brc1cc2c(s1)CCCC2Nc1ccc2ccccc2c1. The van der Waals surface area contributed by atoms with Crippen LogP contribution in [0, 0.1) is 0 Å². The summed E-state index contributed by atoms with van der Waals surface area (Å²) in [5, 5.41) is 6.32. The molecule has 0 bridgehead atoms. The van der Waals surface area contributed by atoms with E-state index in [1.807, 2.05) is 11.3 Å². The Kier molecular flexibility index (Phi) is 3.48. The van der Waals surface area contributed by atoms with Crippen LogP contribution in [0.15, 0.2) is 52.3 Å². The molecule has 3 aromatic rings. The molecule has 0 fully saturated rings. The molecule has 1 unspecified atom stereocenters. The first-order valence-corrected chi connectivity index (χ1v) is 8.94. The third kappa shape index (κ3) is 2.60. The maximum absolute atomic E-state index is 3.73. The molecule has 0 spiro atoms. The maximum Gasteiger partial charge on any atom is 0.0705 e. The average Bonchev–Trinajstić information content (AvgIpc) is 2.89. The fourth-order valence-electron chi connectivity index (χ4n) is 3.15. The molecule has 4 rings (SSSR count). The second-order valence-electron chi connectivity index (χ2n) is 5.58. The first-order chi connectivity index (χ1) is 10.3. The van der Waals surface area contributed by atoms with Gasteiger partial charge in [0, 0.05) is 10.6 Å². The summed E-state index contributed by atoms with van der Waals surface area (Å²) in [7, 11) is 0. The molecule has 0 radical (unpaired) electrons. The third-order valence-corrected chi connectivity index (χ3v) is 5.89. The molecule has 106 valence electrons. The van der Waals surface area contributed by atoms with Gasteiger partial charge in [-0.05, 0) is 69.7 Å². The lowest BCUT2D eigenvalue weighted by Crippen LogP contribution is -2.15. The Morgan fingerprint density at radius 2 is 1.90 bits per heavy atom. The predicted octanol–water partition coefficient (Wildman–Crippen LogP) is 6.15. The van der Waals surface area contributed by atoms with Crippen molar-refractivity contribution in [2.45, 2.75) is 25.3 Å². The van der Waals surface area contributed by atoms with Crippen molar-refractivity contribution in [1.29, 1.82) is 0 Å². The summed E-state index contributed by atoms with van der Waals surface area (Å²) < 4.78 is 1.25. The molecule has 2 aromatic carbocycles. The van der Waals surface area contributed by atoms with Gasteiger partial charge in [0.1, 0.15) is 0 Å². The molecule has 1 nitrogen and oxygen atoms in total. The van der Waals surface area contributed by atoms with Crippen molar-refractivity contribution in [3.63, 3.8) is 0 Å². The molecule has 1 aromatic heterocycles. The number of thiophene rings is 1. The molecule has 1 N–H and O–H groups in total. The lowest BCUT2D eigenvalue weighted by atomic mass is 9.94. The fourth-order valence-corrected chi connectivity index (χ4v) is 4.97. The van der Waals surface area contributed by atoms with Crippen LogP contribution in [0.4, 0.5) is 5.69 Å². The summed E-state index contributed by atoms with van der Waals surface area (Å²) in [6.07, 6.45) is 3.70. The van der Waals surface area contributed by atoms with E-state index in [4.69, 9.17) is 0 Å². The first kappa shape index (κ1) is 13.4. The van der Waals surface area contributed by atoms with Gasteiger partial charge in [-0.1, -0.05) is 30.3 Å². The van der Waals surface area contributed by atoms with E-state index in [-0.39, 0.29) is 0 Å². The van der Waals surface area contributed by atoms with Gasteiger partial charge in [0.25, 0.3) is 0 Å². The minimum Gasteiger partial charge on any atom is -0.378 e. The van der Waals surface area contributed by atoms with Crippen molar-refractivity contribution in [3.05, 3.63) is 62.8 Å². The number of benzene rings is 2. The van der Waals surface area contributed by atoms with Gasteiger partial charge in [-0.2, -0.15) is 0 Å². The van der Waals surface area contributed by atoms with Crippen LogP contribution in [-0.2, 0) is 6.42 Å². The van der Waals surface area contributed by atoms with Crippen LogP contribution >= 0.6 is 27.3 Å². The number of halogens is 1. The zero-order valence-corrected chi connectivity index (χ0v) is 14.0. The van der Waals surface area contributed by atoms with E-state index in [1.54, 1.807) is 0 Å². The van der Waals surface area contributed by atoms with Crippen LogP contribution in [0.2, 0.25) is 0 Å². The van der Waals surface area contributed by atoms with Crippen LogP contribution in [0.5, 0.6) is 0 Å². The van der Waals surface area contributed by atoms with Crippen molar-refractivity contribution in [2.75, 3.05) is 5.32 Å². The third-order valence-electron chi connectivity index (χ3n) is 4.17. The number of hydrogen-bond acceptors (Lipinski definition) is 2. The lowest BCUT2D eigenvalue weighted by molar-refractivity contribution is 0.609. The molecule has 3 heteroatoms. The van der Waals surface area contributed by atoms with Crippen LogP contribution in [0.1, 0.15) is 29.3 Å². The highest BCUT2D eigenvalue weighted by molar-refractivity contribution is 9.11. The van der Waals surface area contributed by atoms with Gasteiger partial charge >= 0.3 is 0 Å². The van der Waals surface area contributed by atoms with Crippen molar-refractivity contribution < 1.29 is 0 Å². The minimum absolute atomic E-state index is 0.442. The molecule has 1 aliphatic rings. The lowest BCUT2D eigenvalue weighted by Gasteiger charge is -2.24. The van der Waals surface area contributed by atoms with Crippen LogP contribution < -0.4 is 5.32 Å². The van der Waals surface area contributed by atoms with E-state index >= 15 is 0 Å². The number of aryl methyl sites for hydroxylation is 1. The second kappa shape index (κ2) is 5.47. The van der Waals surface area contributed by atoms with Crippen LogP contribution in [-0.4, -0.2) is 0 Å². The van der Waals surface area contributed by atoms with Gasteiger partial charge in [-0.15, -0.1) is 11.3 Å². The number of hydrogen-bond donors (Lipinski definition) is 1. The van der Waals surface area contributed by atoms with Gasteiger partial charge in [0.05, 0.1) is 9.83 Å². The molecule has 1 aliphatic carbocycles. The zero-order chi connectivity index (χ0) is 14.2. The number of fused-ring (bicyclic) bond motifs is 2. The van der Waals surface area contributed by atoms with Crippen molar-refractivity contribution >= 4 is 43.7 Å². The van der Waals surface area contributed by atoms with E-state index in [9.17, 15) is 0 Å². The highest BCUT2D eigenvalue weighted by Crippen LogP contribution is 2.39. The molecular formula is C18H16BrNS. The highest BCUT2D eigenvalue weighted by Gasteiger charge is 2.22. The number of anilines is 1. The second-order valence-corrected chi connectivity index (χ2v) is 8.10. The fraction of sp³-hybridized carbons (Fsp3) is 0.222. The summed E-state index contributed by atoms with van der Waals surface area (Å²) in [5.74, 6) is 0. The largest absolute Gasteiger partial charge is 0.378 e. The van der Waals surface area contributed by atoms with E-state index in [2.05, 4.69) is 69.8 Å². The summed E-state index contributed by atoms with van der Waals surface area (Å²) in [4.78, 5) is 1.53. The number of rotatable bonds is 2. The Hall–Kier alpha value is -1.32. The Morgan fingerprint density at radius 1 is 1.05 bits per heavy atom. The van der Waals surface area contributed by atoms with Crippen molar-refractivity contribution in [1.82, 2.24) is 0 Å². The molecular weight excluding hydrogens is 342 g/mol. The first-order valence-electron chi connectivity index (χ1n) is 7.33. The van der Waals surface area contributed by atoms with Crippen molar-refractivity contribution in [3.8, 4) is 0 Å². The van der Waals surface area contributed by atoms with Crippen LogP contribution in [0.25, 0.3) is 10.8 Å². The average molecular weight is 358 g/mol. The molecule has 0 saturated heterocycles. The van der Waals surface area contributed by atoms with E-state index < -0.39 is 0 Å². The van der Waals surface area contributed by atoms with E-state index in [0.717, 1.165) is 0 Å². The predicted molar refractivity (Wildman–Crippen MR) is 95.3 cm³/mol. The molecule has 1 atom stereocenters. The van der Waals surface area contributed by atoms with Gasteiger partial charge < -0.3 is 5.32 Å². The molecule has 1 heterocycles. The number of nitrogens with one attached hydrogen (secondary N) is 1. The molecule has 21 heavy (non-hydrogen) atoms. The summed E-state index contributed by atoms with van der Waals surface area (Å²) in [5.41, 5.74) is 2.69. The van der Waals surface area contributed by atoms with E-state index in [0.29, 0.717) is 6.04 Å². The Morgan fingerprint density at radius 3 is 2.81 bits per heavy atom. The summed E-state index contributed by atoms with van der Waals surface area (Å²) in [6, 6.07) is 17.9. The Balaban J connectivity index is 1.66. The molecule has 0 saturated carbocycles. The van der Waals surface area contributed by atoms with Crippen LogP contribution in [0.3, 0.4) is 0 Å². The van der Waals surface area contributed by atoms with Gasteiger partial charge in [0.15, 0.2) is 0 Å². The quantitative estimate of drug-likeness (QED) is 0.579. The maximum atomic E-state index is 3.73. The van der Waals surface area contributed by atoms with Crippen molar-refractivity contribution in [2.24, 2.45) is 0 Å².